The van der Waals surface area contributed by atoms with E-state index in [4.69, 9.17) is 5.21 Å². The number of benzene rings is 3. The van der Waals surface area contributed by atoms with Gasteiger partial charge in [-0.1, -0.05) is 48.5 Å². The Morgan fingerprint density at radius 3 is 2.11 bits per heavy atom. The maximum absolute atomic E-state index is 13.4. The van der Waals surface area contributed by atoms with Crippen molar-refractivity contribution < 1.29 is 24.0 Å². The zero-order valence-electron chi connectivity index (χ0n) is 19.9. The molecule has 0 saturated heterocycles. The Morgan fingerprint density at radius 1 is 0.865 bits per heavy atom. The van der Waals surface area contributed by atoms with Crippen LogP contribution in [0.3, 0.4) is 0 Å². The first kappa shape index (κ1) is 25.5. The van der Waals surface area contributed by atoms with Crippen molar-refractivity contribution in [3.8, 4) is 0 Å². The Morgan fingerprint density at radius 2 is 1.49 bits per heavy atom. The van der Waals surface area contributed by atoms with Gasteiger partial charge >= 0.3 is 0 Å². The van der Waals surface area contributed by atoms with Crippen LogP contribution < -0.4 is 16.1 Å². The highest BCUT2D eigenvalue weighted by molar-refractivity contribution is 6.24. The summed E-state index contributed by atoms with van der Waals surface area (Å²) in [6.45, 7) is 0.281. The molecule has 0 aliphatic heterocycles. The van der Waals surface area contributed by atoms with Crippen molar-refractivity contribution in [3.05, 3.63) is 113 Å². The van der Waals surface area contributed by atoms with Gasteiger partial charge in [0.25, 0.3) is 11.8 Å². The molecule has 1 aliphatic rings. The molecule has 3 aromatic rings. The summed E-state index contributed by atoms with van der Waals surface area (Å²) in [5.74, 6) is -1.44. The summed E-state index contributed by atoms with van der Waals surface area (Å²) >= 11 is 0. The fourth-order valence-corrected chi connectivity index (χ4v) is 3.53. The summed E-state index contributed by atoms with van der Waals surface area (Å²) in [6.07, 6.45) is 6.80. The maximum Gasteiger partial charge on any atom is 0.274 e. The van der Waals surface area contributed by atoms with Crippen molar-refractivity contribution in [2.45, 2.75) is 25.4 Å². The SMILES string of the molecule is O=C(C=Cc1ccc(C=C(C(=O)NC2CC2)c2ccc(F)cc2)cc1)NCc1ccc(C(=O)NO)cc1. The fourth-order valence-electron chi connectivity index (χ4n) is 3.53. The van der Waals surface area contributed by atoms with Gasteiger partial charge in [0.05, 0.1) is 0 Å². The van der Waals surface area contributed by atoms with E-state index in [-0.39, 0.29) is 30.2 Å². The smallest absolute Gasteiger partial charge is 0.274 e. The topological polar surface area (TPSA) is 108 Å². The number of halogens is 1. The van der Waals surface area contributed by atoms with Crippen molar-refractivity contribution in [3.63, 3.8) is 0 Å². The van der Waals surface area contributed by atoms with Gasteiger partial charge in [-0.15, -0.1) is 0 Å². The Labute approximate surface area is 213 Å². The lowest BCUT2D eigenvalue weighted by Gasteiger charge is -2.09. The monoisotopic (exact) mass is 499 g/mol. The lowest BCUT2D eigenvalue weighted by Crippen LogP contribution is -2.26. The Kier molecular flexibility index (Phi) is 8.22. The fraction of sp³-hybridized carbons (Fsp3) is 0.138. The van der Waals surface area contributed by atoms with Gasteiger partial charge in [-0.25, -0.2) is 9.87 Å². The zero-order valence-corrected chi connectivity index (χ0v) is 19.9. The number of carbonyl (C=O) groups excluding carboxylic acids is 3. The Balaban J connectivity index is 1.37. The molecule has 0 spiro atoms. The first-order valence-electron chi connectivity index (χ1n) is 11.8. The minimum absolute atomic E-state index is 0.193. The van der Waals surface area contributed by atoms with Crippen LogP contribution in [-0.2, 0) is 16.1 Å². The lowest BCUT2D eigenvalue weighted by molar-refractivity contribution is -0.117. The van der Waals surface area contributed by atoms with E-state index in [0.29, 0.717) is 16.7 Å². The van der Waals surface area contributed by atoms with Crippen molar-refractivity contribution in [1.82, 2.24) is 16.1 Å². The van der Waals surface area contributed by atoms with Gasteiger partial charge in [0, 0.05) is 29.8 Å². The first-order chi connectivity index (χ1) is 17.9. The normalized spacial score (nSPS) is 13.3. The predicted molar refractivity (Wildman–Crippen MR) is 138 cm³/mol. The van der Waals surface area contributed by atoms with E-state index < -0.39 is 5.91 Å². The third-order valence-electron chi connectivity index (χ3n) is 5.77. The summed E-state index contributed by atoms with van der Waals surface area (Å²) < 4.78 is 13.4. The molecule has 37 heavy (non-hydrogen) atoms. The molecule has 3 aromatic carbocycles. The van der Waals surface area contributed by atoms with Gasteiger partial charge in [0.2, 0.25) is 5.91 Å². The van der Waals surface area contributed by atoms with Crippen LogP contribution in [0.1, 0.15) is 45.5 Å². The second kappa shape index (κ2) is 11.9. The molecule has 4 N–H and O–H groups in total. The quantitative estimate of drug-likeness (QED) is 0.154. The number of hydrogen-bond acceptors (Lipinski definition) is 4. The standard InChI is InChI=1S/C29H26FN3O4/c30-24-12-10-22(11-13-24)26(29(36)32-25-14-15-25)17-20-3-1-19(2-4-20)7-16-27(34)31-18-21-5-8-23(9-6-21)28(35)33-37/h1-13,16-17,25,37H,14-15,18H2,(H,31,34)(H,32,36)(H,33,35). The van der Waals surface area contributed by atoms with Crippen molar-refractivity contribution in [2.24, 2.45) is 0 Å². The van der Waals surface area contributed by atoms with Gasteiger partial charge < -0.3 is 10.6 Å². The highest BCUT2D eigenvalue weighted by Gasteiger charge is 2.25. The van der Waals surface area contributed by atoms with E-state index in [0.717, 1.165) is 29.5 Å². The Bertz CT molecular complexity index is 1330. The molecule has 1 aliphatic carbocycles. The number of amides is 3. The summed E-state index contributed by atoms with van der Waals surface area (Å²) in [7, 11) is 0. The summed E-state index contributed by atoms with van der Waals surface area (Å²) in [6, 6.07) is 19.9. The van der Waals surface area contributed by atoms with E-state index in [1.165, 1.54) is 18.2 Å². The third-order valence-corrected chi connectivity index (χ3v) is 5.77. The van der Waals surface area contributed by atoms with Crippen molar-refractivity contribution >= 4 is 35.4 Å². The summed E-state index contributed by atoms with van der Waals surface area (Å²) in [5, 5.41) is 14.4. The zero-order chi connectivity index (χ0) is 26.2. The summed E-state index contributed by atoms with van der Waals surface area (Å²) in [5.41, 5.74) is 5.37. The van der Waals surface area contributed by atoms with Crippen LogP contribution in [-0.4, -0.2) is 29.0 Å². The molecule has 1 fully saturated rings. The lowest BCUT2D eigenvalue weighted by atomic mass is 10.0. The van der Waals surface area contributed by atoms with E-state index in [1.54, 1.807) is 54.0 Å². The number of rotatable bonds is 9. The second-order valence-electron chi connectivity index (χ2n) is 8.67. The molecule has 7 nitrogen and oxygen atoms in total. The molecule has 0 unspecified atom stereocenters. The van der Waals surface area contributed by atoms with Crippen molar-refractivity contribution in [2.75, 3.05) is 0 Å². The van der Waals surface area contributed by atoms with Crippen LogP contribution in [0.5, 0.6) is 0 Å². The van der Waals surface area contributed by atoms with Gasteiger partial charge in [-0.2, -0.15) is 0 Å². The van der Waals surface area contributed by atoms with E-state index >= 15 is 0 Å². The Hall–Kier alpha value is -4.56. The molecule has 0 atom stereocenters. The van der Waals surface area contributed by atoms with Gasteiger partial charge in [-0.3, -0.25) is 19.6 Å². The molecular weight excluding hydrogens is 473 g/mol. The van der Waals surface area contributed by atoms with Crippen LogP contribution in [0.25, 0.3) is 17.7 Å². The average Bonchev–Trinajstić information content (AvgIpc) is 3.74. The minimum atomic E-state index is -0.603. The van der Waals surface area contributed by atoms with Crippen molar-refractivity contribution in [1.29, 1.82) is 0 Å². The molecule has 0 bridgehead atoms. The first-order valence-corrected chi connectivity index (χ1v) is 11.8. The number of nitrogens with one attached hydrogen (secondary N) is 3. The van der Waals surface area contributed by atoms with Gasteiger partial charge in [0.15, 0.2) is 0 Å². The van der Waals surface area contributed by atoms with E-state index in [2.05, 4.69) is 10.6 Å². The molecule has 8 heteroatoms. The van der Waals surface area contributed by atoms with Crippen LogP contribution in [0.2, 0.25) is 0 Å². The number of hydrogen-bond donors (Lipinski definition) is 4. The summed E-state index contributed by atoms with van der Waals surface area (Å²) in [4.78, 5) is 36.3. The third kappa shape index (κ3) is 7.46. The van der Waals surface area contributed by atoms with Crippen LogP contribution >= 0.6 is 0 Å². The molecule has 0 radical (unpaired) electrons. The average molecular weight is 500 g/mol. The molecule has 1 saturated carbocycles. The maximum atomic E-state index is 13.4. The van der Waals surface area contributed by atoms with E-state index in [9.17, 15) is 18.8 Å². The highest BCUT2D eigenvalue weighted by Crippen LogP contribution is 2.24. The van der Waals surface area contributed by atoms with Crippen LogP contribution in [0.4, 0.5) is 4.39 Å². The number of carbonyl (C=O) groups is 3. The highest BCUT2D eigenvalue weighted by atomic mass is 19.1. The largest absolute Gasteiger partial charge is 0.349 e. The van der Waals surface area contributed by atoms with Gasteiger partial charge in [-0.05, 0) is 71.5 Å². The number of hydroxylamine groups is 1. The van der Waals surface area contributed by atoms with Crippen LogP contribution in [0, 0.1) is 5.82 Å². The molecule has 4 rings (SSSR count). The second-order valence-corrected chi connectivity index (χ2v) is 8.67. The molecule has 188 valence electrons. The minimum Gasteiger partial charge on any atom is -0.349 e. The molecule has 0 aromatic heterocycles. The molecule has 0 heterocycles. The predicted octanol–water partition coefficient (Wildman–Crippen LogP) is 4.09. The molecule has 3 amide bonds. The van der Waals surface area contributed by atoms with Crippen LogP contribution in [0.15, 0.2) is 78.9 Å². The van der Waals surface area contributed by atoms with E-state index in [1.807, 2.05) is 24.3 Å². The van der Waals surface area contributed by atoms with Gasteiger partial charge in [0.1, 0.15) is 5.82 Å². The molecular formula is C29H26FN3O4.